The maximum absolute atomic E-state index is 14.5. The van der Waals surface area contributed by atoms with E-state index in [-0.39, 0.29) is 25.5 Å². The highest BCUT2D eigenvalue weighted by molar-refractivity contribution is 5.36. The average Bonchev–Trinajstić information content (AvgIpc) is 2.93. The van der Waals surface area contributed by atoms with E-state index in [9.17, 15) is 52.7 Å². The van der Waals surface area contributed by atoms with Gasteiger partial charge in [-0.2, -0.15) is 52.7 Å². The Morgan fingerprint density at radius 3 is 1.64 bits per heavy atom. The SMILES string of the molecule is FC(F)(F)c1cc(C(CNCc2ccccc2)N2CC(C(F)(F)F)N(C3CCCCC3)C(C(F)(F)F)C2)cc(C(F)(F)F)c1. The van der Waals surface area contributed by atoms with E-state index in [1.807, 2.05) is 0 Å². The summed E-state index contributed by atoms with van der Waals surface area (Å²) in [6.45, 7) is -2.65. The molecule has 0 bridgehead atoms. The molecule has 1 saturated heterocycles. The summed E-state index contributed by atoms with van der Waals surface area (Å²) < 4.78 is 169. The average molecular weight is 650 g/mol. The van der Waals surface area contributed by atoms with Crippen LogP contribution in [0.2, 0.25) is 0 Å². The van der Waals surface area contributed by atoms with Gasteiger partial charge in [0.15, 0.2) is 0 Å². The van der Waals surface area contributed by atoms with Gasteiger partial charge in [-0.25, -0.2) is 0 Å². The van der Waals surface area contributed by atoms with Crippen molar-refractivity contribution in [3.05, 3.63) is 70.8 Å². The topological polar surface area (TPSA) is 18.5 Å². The lowest BCUT2D eigenvalue weighted by Crippen LogP contribution is -2.70. The van der Waals surface area contributed by atoms with Gasteiger partial charge in [-0.05, 0) is 42.2 Å². The van der Waals surface area contributed by atoms with Crippen molar-refractivity contribution in [1.82, 2.24) is 15.1 Å². The van der Waals surface area contributed by atoms with Crippen molar-refractivity contribution in [2.75, 3.05) is 19.6 Å². The lowest BCUT2D eigenvalue weighted by molar-refractivity contribution is -0.266. The number of rotatable bonds is 7. The third-order valence-corrected chi connectivity index (χ3v) is 8.23. The minimum Gasteiger partial charge on any atom is -0.311 e. The fourth-order valence-corrected chi connectivity index (χ4v) is 6.19. The first-order chi connectivity index (χ1) is 20.4. The van der Waals surface area contributed by atoms with E-state index in [2.05, 4.69) is 5.32 Å². The smallest absolute Gasteiger partial charge is 0.311 e. The van der Waals surface area contributed by atoms with E-state index >= 15 is 0 Å². The standard InChI is InChI=1S/C29H31F12N3/c30-26(31,32)20-11-19(12-21(13-20)27(33,34)35)23(15-42-14-18-7-3-1-4-8-18)43-16-24(28(36,37)38)44(22-9-5-2-6-10-22)25(17-43)29(39,40)41/h1,3-4,7-8,11-13,22-25,42H,2,5-6,9-10,14-17H2. The van der Waals surface area contributed by atoms with Gasteiger partial charge in [0.1, 0.15) is 12.1 Å². The Morgan fingerprint density at radius 1 is 0.682 bits per heavy atom. The monoisotopic (exact) mass is 649 g/mol. The molecule has 0 amide bonds. The number of hydrogen-bond acceptors (Lipinski definition) is 3. The van der Waals surface area contributed by atoms with Gasteiger partial charge in [0.2, 0.25) is 0 Å². The number of nitrogens with zero attached hydrogens (tertiary/aromatic N) is 2. The number of halogens is 12. The predicted molar refractivity (Wildman–Crippen MR) is 137 cm³/mol. The number of nitrogens with one attached hydrogen (secondary N) is 1. The predicted octanol–water partition coefficient (Wildman–Crippen LogP) is 8.37. The molecule has 1 aliphatic heterocycles. The molecule has 2 aliphatic rings. The fourth-order valence-electron chi connectivity index (χ4n) is 6.19. The molecule has 0 radical (unpaired) electrons. The van der Waals surface area contributed by atoms with Gasteiger partial charge in [0, 0.05) is 38.3 Å². The summed E-state index contributed by atoms with van der Waals surface area (Å²) in [7, 11) is 0. The highest BCUT2D eigenvalue weighted by Gasteiger charge is 2.59. The van der Waals surface area contributed by atoms with Crippen molar-refractivity contribution >= 4 is 0 Å². The first kappa shape index (κ1) is 34.4. The van der Waals surface area contributed by atoms with Crippen molar-refractivity contribution in [3.63, 3.8) is 0 Å². The van der Waals surface area contributed by atoms with E-state index in [4.69, 9.17) is 0 Å². The van der Waals surface area contributed by atoms with Crippen LogP contribution < -0.4 is 5.32 Å². The van der Waals surface area contributed by atoms with Crippen LogP contribution in [0.25, 0.3) is 0 Å². The van der Waals surface area contributed by atoms with E-state index < -0.39 is 85.2 Å². The van der Waals surface area contributed by atoms with Crippen LogP contribution in [0.1, 0.15) is 60.4 Å². The Hall–Kier alpha value is -2.52. The molecule has 246 valence electrons. The van der Waals surface area contributed by atoms with Gasteiger partial charge >= 0.3 is 24.7 Å². The molecule has 1 aliphatic carbocycles. The van der Waals surface area contributed by atoms with Crippen LogP contribution in [0.15, 0.2) is 48.5 Å². The van der Waals surface area contributed by atoms with Gasteiger partial charge in [0.05, 0.1) is 11.1 Å². The Balaban J connectivity index is 1.80. The third-order valence-electron chi connectivity index (χ3n) is 8.23. The number of hydrogen-bond donors (Lipinski definition) is 1. The molecule has 3 nitrogen and oxygen atoms in total. The summed E-state index contributed by atoms with van der Waals surface area (Å²) in [6.07, 6.45) is -19.1. The largest absolute Gasteiger partial charge is 0.416 e. The quantitative estimate of drug-likeness (QED) is 0.304. The van der Waals surface area contributed by atoms with Crippen molar-refractivity contribution in [1.29, 1.82) is 0 Å². The molecule has 1 heterocycles. The molecular formula is C29H31F12N3. The summed E-state index contributed by atoms with van der Waals surface area (Å²) in [5, 5.41) is 2.82. The van der Waals surface area contributed by atoms with Gasteiger partial charge in [-0.3, -0.25) is 9.80 Å². The molecule has 2 fully saturated rings. The van der Waals surface area contributed by atoms with Crippen LogP contribution in [-0.2, 0) is 18.9 Å². The van der Waals surface area contributed by atoms with Crippen LogP contribution in [0.3, 0.4) is 0 Å². The molecule has 15 heteroatoms. The molecule has 2 aromatic carbocycles. The summed E-state index contributed by atoms with van der Waals surface area (Å²) in [6, 6.07) is 0.898. The molecule has 0 spiro atoms. The van der Waals surface area contributed by atoms with Crippen molar-refractivity contribution in [2.45, 2.75) is 87.5 Å². The summed E-state index contributed by atoms with van der Waals surface area (Å²) in [5.41, 5.74) is -3.48. The van der Waals surface area contributed by atoms with E-state index in [0.717, 1.165) is 4.90 Å². The molecule has 2 aromatic rings. The zero-order chi connectivity index (χ0) is 32.5. The maximum atomic E-state index is 14.5. The minimum atomic E-state index is -5.26. The molecule has 1 saturated carbocycles. The van der Waals surface area contributed by atoms with Crippen LogP contribution in [0, 0.1) is 0 Å². The van der Waals surface area contributed by atoms with Crippen molar-refractivity contribution in [3.8, 4) is 0 Å². The molecule has 0 aromatic heterocycles. The van der Waals surface area contributed by atoms with Gasteiger partial charge in [0.25, 0.3) is 0 Å². The second-order valence-electron chi connectivity index (χ2n) is 11.3. The second-order valence-corrected chi connectivity index (χ2v) is 11.3. The zero-order valence-electron chi connectivity index (χ0n) is 23.2. The minimum absolute atomic E-state index is 0.00979. The van der Waals surface area contributed by atoms with Crippen LogP contribution in [0.4, 0.5) is 52.7 Å². The van der Waals surface area contributed by atoms with Crippen LogP contribution in [0.5, 0.6) is 0 Å². The molecule has 44 heavy (non-hydrogen) atoms. The van der Waals surface area contributed by atoms with Crippen LogP contribution in [-0.4, -0.2) is 59.9 Å². The number of benzene rings is 2. The first-order valence-corrected chi connectivity index (χ1v) is 14.0. The third kappa shape index (κ3) is 8.39. The number of piperazine rings is 1. The molecule has 1 N–H and O–H groups in total. The van der Waals surface area contributed by atoms with Gasteiger partial charge in [-0.15, -0.1) is 0 Å². The molecule has 3 atom stereocenters. The number of alkyl halides is 12. The highest BCUT2D eigenvalue weighted by atomic mass is 19.4. The lowest BCUT2D eigenvalue weighted by Gasteiger charge is -2.53. The zero-order valence-corrected chi connectivity index (χ0v) is 23.2. The lowest BCUT2D eigenvalue weighted by atomic mass is 9.89. The van der Waals surface area contributed by atoms with Crippen molar-refractivity contribution in [2.24, 2.45) is 0 Å². The van der Waals surface area contributed by atoms with E-state index in [0.29, 0.717) is 41.9 Å². The summed E-state index contributed by atoms with van der Waals surface area (Å²) in [4.78, 5) is 1.17. The second kappa shape index (κ2) is 13.1. The van der Waals surface area contributed by atoms with Crippen molar-refractivity contribution < 1.29 is 52.7 Å². The Kier molecular flexibility index (Phi) is 10.2. The molecule has 4 rings (SSSR count). The Labute approximate surface area is 246 Å². The summed E-state index contributed by atoms with van der Waals surface area (Å²) >= 11 is 0. The Morgan fingerprint density at radius 2 is 1.18 bits per heavy atom. The van der Waals surface area contributed by atoms with Crippen LogP contribution >= 0.6 is 0 Å². The maximum Gasteiger partial charge on any atom is 0.416 e. The molecule has 3 unspecified atom stereocenters. The van der Waals surface area contributed by atoms with E-state index in [1.54, 1.807) is 30.3 Å². The van der Waals surface area contributed by atoms with E-state index in [1.165, 1.54) is 0 Å². The summed E-state index contributed by atoms with van der Waals surface area (Å²) in [5.74, 6) is 0. The van der Waals surface area contributed by atoms with Gasteiger partial charge in [-0.1, -0.05) is 49.6 Å². The first-order valence-electron chi connectivity index (χ1n) is 14.0. The highest BCUT2D eigenvalue weighted by Crippen LogP contribution is 2.44. The van der Waals surface area contributed by atoms with Gasteiger partial charge < -0.3 is 5.32 Å². The fraction of sp³-hybridized carbons (Fsp3) is 0.586. The molecular weight excluding hydrogens is 618 g/mol. The Bertz CT molecular complexity index is 1160. The normalized spacial score (nSPS) is 22.7.